The molecule has 2 N–H and O–H groups in total. The maximum absolute atomic E-state index is 12.2. The average molecular weight is 314 g/mol. The van der Waals surface area contributed by atoms with Gasteiger partial charge >= 0.3 is 0 Å². The Bertz CT molecular complexity index is 903. The van der Waals surface area contributed by atoms with Crippen molar-refractivity contribution in [3.05, 3.63) is 60.4 Å². The minimum Gasteiger partial charge on any atom is -0.291 e. The molecular weight excluding hydrogens is 300 g/mol. The lowest BCUT2D eigenvalue weighted by Crippen LogP contribution is -2.30. The third-order valence-electron chi connectivity index (χ3n) is 3.18. The predicted octanol–water partition coefficient (Wildman–Crippen LogP) is 2.24. The molecule has 0 unspecified atom stereocenters. The molecule has 0 fully saturated rings. The zero-order valence-electron chi connectivity index (χ0n) is 11.8. The van der Waals surface area contributed by atoms with Crippen molar-refractivity contribution in [2.24, 2.45) is 0 Å². The van der Waals surface area contributed by atoms with Crippen LogP contribution in [0.5, 0.6) is 0 Å². The van der Waals surface area contributed by atoms with E-state index in [1.54, 1.807) is 24.3 Å². The Hall–Kier alpha value is -2.51. The zero-order chi connectivity index (χ0) is 15.6. The smallest absolute Gasteiger partial charge is 0.257 e. The summed E-state index contributed by atoms with van der Waals surface area (Å²) >= 11 is 0. The second kappa shape index (κ2) is 5.70. The lowest BCUT2D eigenvalue weighted by atomic mass is 10.2. The van der Waals surface area contributed by atoms with Crippen LogP contribution >= 0.6 is 0 Å². The number of rotatable bonds is 4. The Labute approximate surface area is 128 Å². The topological polar surface area (TPSA) is 84.0 Å². The van der Waals surface area contributed by atoms with Crippen molar-refractivity contribution in [2.45, 2.75) is 11.8 Å². The van der Waals surface area contributed by atoms with Gasteiger partial charge in [-0.1, -0.05) is 29.8 Å². The van der Waals surface area contributed by atoms with Gasteiger partial charge in [0.2, 0.25) is 0 Å². The summed E-state index contributed by atoms with van der Waals surface area (Å²) in [5, 5.41) is 0.733. The summed E-state index contributed by atoms with van der Waals surface area (Å²) in [6.45, 7) is 1.90. The van der Waals surface area contributed by atoms with Crippen molar-refractivity contribution in [3.8, 4) is 0 Å². The van der Waals surface area contributed by atoms with Crippen LogP contribution in [0.4, 0.5) is 5.82 Å². The first kappa shape index (κ1) is 14.4. The van der Waals surface area contributed by atoms with E-state index in [0.717, 1.165) is 16.5 Å². The zero-order valence-corrected chi connectivity index (χ0v) is 12.6. The maximum Gasteiger partial charge on any atom is 0.257 e. The Morgan fingerprint density at radius 3 is 2.45 bits per heavy atom. The minimum atomic E-state index is -3.67. The average Bonchev–Trinajstić information content (AvgIpc) is 2.53. The molecule has 0 saturated heterocycles. The number of benzene rings is 2. The molecule has 22 heavy (non-hydrogen) atoms. The van der Waals surface area contributed by atoms with Crippen molar-refractivity contribution in [2.75, 3.05) is 5.43 Å². The van der Waals surface area contributed by atoms with Gasteiger partial charge in [0, 0.05) is 5.39 Å². The summed E-state index contributed by atoms with van der Waals surface area (Å²) in [6, 6.07) is 13.9. The largest absolute Gasteiger partial charge is 0.291 e. The SMILES string of the molecule is Cc1ccc(S(=O)(=O)NNc2ncnc3ccccc23)cc1. The van der Waals surface area contributed by atoms with Crippen LogP contribution < -0.4 is 10.3 Å². The molecule has 0 aliphatic rings. The highest BCUT2D eigenvalue weighted by atomic mass is 32.2. The van der Waals surface area contributed by atoms with E-state index in [4.69, 9.17) is 0 Å². The molecule has 3 aromatic rings. The summed E-state index contributed by atoms with van der Waals surface area (Å²) in [6.07, 6.45) is 1.38. The molecule has 0 atom stereocenters. The molecule has 1 aromatic heterocycles. The molecule has 112 valence electrons. The van der Waals surface area contributed by atoms with Gasteiger partial charge in [-0.3, -0.25) is 5.43 Å². The Morgan fingerprint density at radius 2 is 1.68 bits per heavy atom. The number of anilines is 1. The van der Waals surface area contributed by atoms with Crippen molar-refractivity contribution < 1.29 is 8.42 Å². The monoisotopic (exact) mass is 314 g/mol. The van der Waals surface area contributed by atoms with Gasteiger partial charge in [-0.15, -0.1) is 4.83 Å². The number of hydrogen-bond donors (Lipinski definition) is 2. The summed E-state index contributed by atoms with van der Waals surface area (Å²) in [7, 11) is -3.67. The number of nitrogens with one attached hydrogen (secondary N) is 2. The molecule has 7 heteroatoms. The van der Waals surface area contributed by atoms with E-state index in [0.29, 0.717) is 5.82 Å². The molecule has 0 radical (unpaired) electrons. The van der Waals surface area contributed by atoms with Crippen LogP contribution in [0.15, 0.2) is 59.8 Å². The number of hydrogen-bond acceptors (Lipinski definition) is 5. The summed E-state index contributed by atoms with van der Waals surface area (Å²) in [5.74, 6) is 0.404. The van der Waals surface area contributed by atoms with Crippen molar-refractivity contribution >= 4 is 26.7 Å². The number of aromatic nitrogens is 2. The minimum absolute atomic E-state index is 0.184. The molecule has 1 heterocycles. The molecular formula is C15H14N4O2S. The first-order chi connectivity index (χ1) is 10.6. The van der Waals surface area contributed by atoms with Gasteiger partial charge < -0.3 is 0 Å². The van der Waals surface area contributed by atoms with Gasteiger partial charge in [0.05, 0.1) is 10.4 Å². The van der Waals surface area contributed by atoms with Crippen molar-refractivity contribution in [1.29, 1.82) is 0 Å². The van der Waals surface area contributed by atoms with E-state index < -0.39 is 10.0 Å². The van der Waals surface area contributed by atoms with Gasteiger partial charge in [0.1, 0.15) is 6.33 Å². The van der Waals surface area contributed by atoms with Crippen LogP contribution in [0.25, 0.3) is 10.9 Å². The first-order valence-electron chi connectivity index (χ1n) is 6.60. The van der Waals surface area contributed by atoms with Gasteiger partial charge in [-0.25, -0.2) is 18.4 Å². The number of hydrazine groups is 1. The Morgan fingerprint density at radius 1 is 0.955 bits per heavy atom. The summed E-state index contributed by atoms with van der Waals surface area (Å²) < 4.78 is 24.5. The van der Waals surface area contributed by atoms with Crippen LogP contribution in [-0.2, 0) is 10.0 Å². The molecule has 0 aliphatic heterocycles. The fourth-order valence-corrected chi connectivity index (χ4v) is 2.84. The Balaban J connectivity index is 1.86. The first-order valence-corrected chi connectivity index (χ1v) is 8.09. The van der Waals surface area contributed by atoms with E-state index in [9.17, 15) is 8.42 Å². The molecule has 0 amide bonds. The van der Waals surface area contributed by atoms with Crippen LogP contribution in [0.3, 0.4) is 0 Å². The van der Waals surface area contributed by atoms with Gasteiger partial charge in [-0.05, 0) is 31.2 Å². The third-order valence-corrected chi connectivity index (χ3v) is 4.44. The molecule has 0 saturated carbocycles. The molecule has 6 nitrogen and oxygen atoms in total. The van der Waals surface area contributed by atoms with E-state index >= 15 is 0 Å². The van der Waals surface area contributed by atoms with Crippen LogP contribution in [0.1, 0.15) is 5.56 Å². The second-order valence-corrected chi connectivity index (χ2v) is 6.47. The summed E-state index contributed by atoms with van der Waals surface area (Å²) in [5.41, 5.74) is 4.38. The molecule has 3 rings (SSSR count). The second-order valence-electron chi connectivity index (χ2n) is 4.78. The van der Waals surface area contributed by atoms with E-state index in [-0.39, 0.29) is 4.90 Å². The van der Waals surface area contributed by atoms with E-state index in [1.807, 2.05) is 31.2 Å². The number of fused-ring (bicyclic) bond motifs is 1. The van der Waals surface area contributed by atoms with Gasteiger partial charge in [0.15, 0.2) is 5.82 Å². The van der Waals surface area contributed by atoms with Crippen molar-refractivity contribution in [1.82, 2.24) is 14.8 Å². The van der Waals surface area contributed by atoms with E-state index in [1.165, 1.54) is 6.33 Å². The standard InChI is InChI=1S/C15H14N4O2S/c1-11-6-8-12(9-7-11)22(20,21)19-18-15-13-4-2-3-5-14(13)16-10-17-15/h2-10,19H,1H3,(H,16,17,18). The quantitative estimate of drug-likeness (QED) is 0.722. The van der Waals surface area contributed by atoms with Crippen LogP contribution in [0, 0.1) is 6.92 Å². The van der Waals surface area contributed by atoms with Crippen LogP contribution in [-0.4, -0.2) is 18.4 Å². The molecule has 0 aliphatic carbocycles. The highest BCUT2D eigenvalue weighted by Crippen LogP contribution is 2.18. The maximum atomic E-state index is 12.2. The van der Waals surface area contributed by atoms with Gasteiger partial charge in [-0.2, -0.15) is 0 Å². The summed E-state index contributed by atoms with van der Waals surface area (Å²) in [4.78, 5) is 10.7. The van der Waals surface area contributed by atoms with Crippen molar-refractivity contribution in [3.63, 3.8) is 0 Å². The third kappa shape index (κ3) is 2.90. The number of sulfonamides is 1. The highest BCUT2D eigenvalue weighted by molar-refractivity contribution is 7.89. The number of para-hydroxylation sites is 1. The molecule has 0 spiro atoms. The van der Waals surface area contributed by atoms with Crippen LogP contribution in [0.2, 0.25) is 0 Å². The normalized spacial score (nSPS) is 11.5. The number of aryl methyl sites for hydroxylation is 1. The fraction of sp³-hybridized carbons (Fsp3) is 0.0667. The van der Waals surface area contributed by atoms with E-state index in [2.05, 4.69) is 20.2 Å². The van der Waals surface area contributed by atoms with Gasteiger partial charge in [0.25, 0.3) is 10.0 Å². The number of nitrogens with zero attached hydrogens (tertiary/aromatic N) is 2. The lowest BCUT2D eigenvalue weighted by molar-refractivity contribution is 0.587. The lowest BCUT2D eigenvalue weighted by Gasteiger charge is -2.10. The molecule has 2 aromatic carbocycles. The Kier molecular flexibility index (Phi) is 3.74. The highest BCUT2D eigenvalue weighted by Gasteiger charge is 2.14. The fourth-order valence-electron chi connectivity index (χ4n) is 2.00. The predicted molar refractivity (Wildman–Crippen MR) is 84.7 cm³/mol. The molecule has 0 bridgehead atoms.